The highest BCUT2D eigenvalue weighted by molar-refractivity contribution is 7.90. The molecule has 1 saturated heterocycles. The fourth-order valence-electron chi connectivity index (χ4n) is 3.35. The zero-order valence-corrected chi connectivity index (χ0v) is 17.9. The van der Waals surface area contributed by atoms with E-state index in [2.05, 4.69) is 5.32 Å². The molecule has 0 radical (unpaired) electrons. The number of carbonyl (C=O) groups is 2. The van der Waals surface area contributed by atoms with Gasteiger partial charge in [-0.2, -0.15) is 0 Å². The fourth-order valence-corrected chi connectivity index (χ4v) is 4.13. The number of hydrogen-bond acceptors (Lipinski definition) is 4. The van der Waals surface area contributed by atoms with Crippen LogP contribution in [0.4, 0.5) is 5.69 Å². The predicted molar refractivity (Wildman–Crippen MR) is 113 cm³/mol. The summed E-state index contributed by atoms with van der Waals surface area (Å²) in [5, 5.41) is 3.40. The standard InChI is InChI=1S/C21H23ClN2O4S/c1-14-5-10-18(29(2,27)28)12-19(14)23-20(25)16-4-3-11-24(13-16)21(26)15-6-8-17(22)9-7-15/h5-10,12,16H,3-4,11,13H2,1-2H3,(H,23,25). The van der Waals surface area contributed by atoms with Crippen LogP contribution in [0.25, 0.3) is 0 Å². The number of sulfone groups is 1. The summed E-state index contributed by atoms with van der Waals surface area (Å²) >= 11 is 5.88. The molecule has 1 unspecified atom stereocenters. The highest BCUT2D eigenvalue weighted by Gasteiger charge is 2.29. The van der Waals surface area contributed by atoms with Crippen molar-refractivity contribution in [3.8, 4) is 0 Å². The van der Waals surface area contributed by atoms with Gasteiger partial charge in [0.05, 0.1) is 10.8 Å². The van der Waals surface area contributed by atoms with Crippen molar-refractivity contribution in [2.75, 3.05) is 24.7 Å². The summed E-state index contributed by atoms with van der Waals surface area (Å²) in [5.41, 5.74) is 1.78. The lowest BCUT2D eigenvalue weighted by molar-refractivity contribution is -0.121. The van der Waals surface area contributed by atoms with Crippen LogP contribution in [-0.2, 0) is 14.6 Å². The van der Waals surface area contributed by atoms with E-state index in [-0.39, 0.29) is 22.6 Å². The van der Waals surface area contributed by atoms with E-state index in [1.165, 1.54) is 12.1 Å². The van der Waals surface area contributed by atoms with Gasteiger partial charge in [0.1, 0.15) is 0 Å². The number of likely N-dealkylation sites (tertiary alicyclic amines) is 1. The minimum atomic E-state index is -3.37. The average molecular weight is 435 g/mol. The molecule has 2 aromatic rings. The molecule has 29 heavy (non-hydrogen) atoms. The average Bonchev–Trinajstić information content (AvgIpc) is 2.69. The van der Waals surface area contributed by atoms with Crippen molar-refractivity contribution in [1.29, 1.82) is 0 Å². The quantitative estimate of drug-likeness (QED) is 0.797. The van der Waals surface area contributed by atoms with Gasteiger partial charge in [0, 0.05) is 35.6 Å². The van der Waals surface area contributed by atoms with Gasteiger partial charge in [-0.25, -0.2) is 8.42 Å². The first-order valence-electron chi connectivity index (χ1n) is 9.31. The van der Waals surface area contributed by atoms with Gasteiger partial charge in [0.25, 0.3) is 5.91 Å². The highest BCUT2D eigenvalue weighted by atomic mass is 35.5. The van der Waals surface area contributed by atoms with Crippen LogP contribution in [0, 0.1) is 12.8 Å². The number of amides is 2. The normalized spacial score (nSPS) is 17.1. The number of carbonyl (C=O) groups excluding carboxylic acids is 2. The molecule has 3 rings (SSSR count). The molecule has 1 atom stereocenters. The van der Waals surface area contributed by atoms with Gasteiger partial charge < -0.3 is 10.2 Å². The number of hydrogen-bond donors (Lipinski definition) is 1. The molecule has 1 fully saturated rings. The van der Waals surface area contributed by atoms with Gasteiger partial charge in [-0.05, 0) is 61.7 Å². The van der Waals surface area contributed by atoms with E-state index >= 15 is 0 Å². The number of halogens is 1. The van der Waals surface area contributed by atoms with Crippen molar-refractivity contribution in [3.63, 3.8) is 0 Å². The number of aryl methyl sites for hydroxylation is 1. The van der Waals surface area contributed by atoms with Crippen LogP contribution >= 0.6 is 11.6 Å². The molecule has 0 aliphatic carbocycles. The van der Waals surface area contributed by atoms with Gasteiger partial charge in [-0.15, -0.1) is 0 Å². The largest absolute Gasteiger partial charge is 0.338 e. The molecular formula is C21H23ClN2O4S. The van der Waals surface area contributed by atoms with Gasteiger partial charge >= 0.3 is 0 Å². The fraction of sp³-hybridized carbons (Fsp3) is 0.333. The first kappa shape index (κ1) is 21.3. The van der Waals surface area contributed by atoms with Crippen molar-refractivity contribution in [1.82, 2.24) is 4.90 Å². The molecular weight excluding hydrogens is 412 g/mol. The van der Waals surface area contributed by atoms with E-state index in [1.807, 2.05) is 0 Å². The number of nitrogens with one attached hydrogen (secondary N) is 1. The predicted octanol–water partition coefficient (Wildman–Crippen LogP) is 3.54. The molecule has 1 N–H and O–H groups in total. The Morgan fingerprint density at radius 2 is 1.83 bits per heavy atom. The van der Waals surface area contributed by atoms with E-state index in [9.17, 15) is 18.0 Å². The number of nitrogens with zero attached hydrogens (tertiary/aromatic N) is 1. The third-order valence-corrected chi connectivity index (χ3v) is 6.43. The molecule has 0 saturated carbocycles. The second-order valence-corrected chi connectivity index (χ2v) is 9.79. The Balaban J connectivity index is 1.72. The lowest BCUT2D eigenvalue weighted by Crippen LogP contribution is -2.43. The molecule has 1 aliphatic heterocycles. The SMILES string of the molecule is Cc1ccc(S(C)(=O)=O)cc1NC(=O)C1CCCN(C(=O)c2ccc(Cl)cc2)C1. The Hall–Kier alpha value is -2.38. The minimum absolute atomic E-state index is 0.130. The third-order valence-electron chi connectivity index (χ3n) is 5.07. The van der Waals surface area contributed by atoms with Crippen molar-refractivity contribution in [2.45, 2.75) is 24.7 Å². The van der Waals surface area contributed by atoms with Crippen LogP contribution in [0.1, 0.15) is 28.8 Å². The smallest absolute Gasteiger partial charge is 0.253 e. The van der Waals surface area contributed by atoms with Crippen LogP contribution in [0.3, 0.4) is 0 Å². The molecule has 154 valence electrons. The Labute approximate surface area is 175 Å². The first-order chi connectivity index (χ1) is 13.6. The molecule has 0 bridgehead atoms. The first-order valence-corrected chi connectivity index (χ1v) is 11.6. The van der Waals surface area contributed by atoms with Gasteiger partial charge in [-0.3, -0.25) is 9.59 Å². The second kappa shape index (κ2) is 8.55. The zero-order chi connectivity index (χ0) is 21.2. The monoisotopic (exact) mass is 434 g/mol. The summed E-state index contributed by atoms with van der Waals surface area (Å²) in [6, 6.07) is 11.3. The highest BCUT2D eigenvalue weighted by Crippen LogP contribution is 2.24. The minimum Gasteiger partial charge on any atom is -0.338 e. The summed E-state index contributed by atoms with van der Waals surface area (Å²) in [6.07, 6.45) is 2.52. The summed E-state index contributed by atoms with van der Waals surface area (Å²) in [6.45, 7) is 2.71. The molecule has 1 heterocycles. The number of benzene rings is 2. The van der Waals surface area contributed by atoms with Crippen LogP contribution in [-0.4, -0.2) is 44.5 Å². The van der Waals surface area contributed by atoms with Crippen molar-refractivity contribution >= 4 is 38.9 Å². The Morgan fingerprint density at radius 1 is 1.14 bits per heavy atom. The van der Waals surface area contributed by atoms with Crippen LogP contribution in [0.15, 0.2) is 47.4 Å². The van der Waals surface area contributed by atoms with E-state index in [4.69, 9.17) is 11.6 Å². The Morgan fingerprint density at radius 3 is 2.48 bits per heavy atom. The molecule has 1 aliphatic rings. The number of piperidine rings is 1. The molecule has 2 amide bonds. The summed E-state index contributed by atoms with van der Waals surface area (Å²) in [5.74, 6) is -0.705. The van der Waals surface area contributed by atoms with Crippen LogP contribution < -0.4 is 5.32 Å². The van der Waals surface area contributed by atoms with Gasteiger partial charge in [0.15, 0.2) is 9.84 Å². The maximum Gasteiger partial charge on any atom is 0.253 e. The third kappa shape index (κ3) is 5.16. The van der Waals surface area contributed by atoms with Crippen molar-refractivity contribution in [3.05, 3.63) is 58.6 Å². The maximum absolute atomic E-state index is 12.8. The van der Waals surface area contributed by atoms with E-state index in [0.29, 0.717) is 35.8 Å². The van der Waals surface area contributed by atoms with E-state index < -0.39 is 9.84 Å². The lowest BCUT2D eigenvalue weighted by atomic mass is 9.96. The molecule has 6 nitrogen and oxygen atoms in total. The van der Waals surface area contributed by atoms with Crippen molar-refractivity contribution in [2.24, 2.45) is 5.92 Å². The Kier molecular flexibility index (Phi) is 6.29. The van der Waals surface area contributed by atoms with E-state index in [0.717, 1.165) is 18.2 Å². The summed E-state index contributed by atoms with van der Waals surface area (Å²) < 4.78 is 23.6. The second-order valence-electron chi connectivity index (χ2n) is 7.34. The lowest BCUT2D eigenvalue weighted by Gasteiger charge is -2.32. The topological polar surface area (TPSA) is 83.6 Å². The van der Waals surface area contributed by atoms with E-state index in [1.54, 1.807) is 42.2 Å². The molecule has 0 aromatic heterocycles. The van der Waals surface area contributed by atoms with Gasteiger partial charge in [-0.1, -0.05) is 17.7 Å². The van der Waals surface area contributed by atoms with Crippen LogP contribution in [0.2, 0.25) is 5.02 Å². The maximum atomic E-state index is 12.8. The molecule has 0 spiro atoms. The summed E-state index contributed by atoms with van der Waals surface area (Å²) in [4.78, 5) is 27.4. The number of anilines is 1. The molecule has 8 heteroatoms. The van der Waals surface area contributed by atoms with Crippen molar-refractivity contribution < 1.29 is 18.0 Å². The van der Waals surface area contributed by atoms with Crippen LogP contribution in [0.5, 0.6) is 0 Å². The zero-order valence-electron chi connectivity index (χ0n) is 16.3. The summed E-state index contributed by atoms with van der Waals surface area (Å²) in [7, 11) is -3.37. The molecule has 2 aromatic carbocycles. The Bertz CT molecular complexity index is 1040. The number of rotatable bonds is 4. The van der Waals surface area contributed by atoms with Gasteiger partial charge in [0.2, 0.25) is 5.91 Å².